The van der Waals surface area contributed by atoms with E-state index in [1.54, 1.807) is 0 Å². The third kappa shape index (κ3) is 2.91. The Morgan fingerprint density at radius 2 is 2.58 bits per heavy atom. The lowest BCUT2D eigenvalue weighted by atomic mass is 10.1. The van der Waals surface area contributed by atoms with Gasteiger partial charge in [0.05, 0.1) is 0 Å². The maximum atomic E-state index is 10.8. The summed E-state index contributed by atoms with van der Waals surface area (Å²) < 4.78 is 5.07. The first-order chi connectivity index (χ1) is 5.83. The van der Waals surface area contributed by atoms with Crippen molar-refractivity contribution < 1.29 is 9.53 Å². The van der Waals surface area contributed by atoms with Gasteiger partial charge in [0.1, 0.15) is 6.10 Å². The first-order valence-corrected chi connectivity index (χ1v) is 4.31. The van der Waals surface area contributed by atoms with Crippen LogP contribution in [0.3, 0.4) is 0 Å². The Balaban J connectivity index is 2.25. The zero-order chi connectivity index (χ0) is 8.81. The number of ether oxygens (including phenoxy) is 1. The molecule has 66 valence electrons. The smallest absolute Gasteiger partial charge is 0.330 e. The quantitative estimate of drug-likeness (QED) is 0.474. The fourth-order valence-corrected chi connectivity index (χ4v) is 1.19. The molecule has 2 nitrogen and oxygen atoms in total. The van der Waals surface area contributed by atoms with Crippen molar-refractivity contribution in [3.8, 4) is 0 Å². The van der Waals surface area contributed by atoms with Gasteiger partial charge in [-0.25, -0.2) is 4.79 Å². The summed E-state index contributed by atoms with van der Waals surface area (Å²) in [6.07, 6.45) is 10.4. The second-order valence-electron chi connectivity index (χ2n) is 2.84. The molecule has 0 unspecified atom stereocenters. The lowest BCUT2D eigenvalue weighted by molar-refractivity contribution is -0.144. The van der Waals surface area contributed by atoms with Crippen molar-refractivity contribution >= 4 is 5.97 Å². The van der Waals surface area contributed by atoms with E-state index >= 15 is 0 Å². The highest BCUT2D eigenvalue weighted by Gasteiger charge is 2.14. The van der Waals surface area contributed by atoms with Crippen LogP contribution < -0.4 is 0 Å². The van der Waals surface area contributed by atoms with E-state index in [1.165, 1.54) is 6.08 Å². The monoisotopic (exact) mass is 166 g/mol. The van der Waals surface area contributed by atoms with Gasteiger partial charge in [0.2, 0.25) is 0 Å². The van der Waals surface area contributed by atoms with Gasteiger partial charge in [0, 0.05) is 12.5 Å². The molecule has 0 aromatic carbocycles. The summed E-state index contributed by atoms with van der Waals surface area (Å²) in [5.74, 6) is -0.202. The SMILES string of the molecule is C/C=C/CC[C@@H]1CC=CC(=O)O1. The molecular weight excluding hydrogens is 152 g/mol. The highest BCUT2D eigenvalue weighted by Crippen LogP contribution is 2.12. The number of esters is 1. The van der Waals surface area contributed by atoms with E-state index in [9.17, 15) is 4.79 Å². The van der Waals surface area contributed by atoms with E-state index in [4.69, 9.17) is 4.74 Å². The van der Waals surface area contributed by atoms with Crippen LogP contribution in [0.15, 0.2) is 24.3 Å². The van der Waals surface area contributed by atoms with Crippen molar-refractivity contribution in [3.63, 3.8) is 0 Å². The number of carbonyl (C=O) groups is 1. The van der Waals surface area contributed by atoms with Crippen LogP contribution in [0.25, 0.3) is 0 Å². The average Bonchev–Trinajstić information content (AvgIpc) is 2.05. The van der Waals surface area contributed by atoms with Crippen molar-refractivity contribution in [2.45, 2.75) is 32.3 Å². The highest BCUT2D eigenvalue weighted by atomic mass is 16.5. The van der Waals surface area contributed by atoms with Gasteiger partial charge in [-0.05, 0) is 19.8 Å². The van der Waals surface area contributed by atoms with Gasteiger partial charge in [-0.2, -0.15) is 0 Å². The molecule has 1 aliphatic rings. The van der Waals surface area contributed by atoms with Gasteiger partial charge in [-0.15, -0.1) is 0 Å². The van der Waals surface area contributed by atoms with Gasteiger partial charge in [0.15, 0.2) is 0 Å². The van der Waals surface area contributed by atoms with Crippen molar-refractivity contribution in [1.29, 1.82) is 0 Å². The van der Waals surface area contributed by atoms with Crippen LogP contribution in [0.5, 0.6) is 0 Å². The Kier molecular flexibility index (Phi) is 3.58. The lowest BCUT2D eigenvalue weighted by Gasteiger charge is -2.17. The molecule has 0 aromatic heterocycles. The molecule has 0 aromatic rings. The van der Waals surface area contributed by atoms with Crippen LogP contribution in [0.1, 0.15) is 26.2 Å². The van der Waals surface area contributed by atoms with Crippen LogP contribution >= 0.6 is 0 Å². The molecule has 1 atom stereocenters. The Morgan fingerprint density at radius 1 is 1.75 bits per heavy atom. The molecule has 0 saturated carbocycles. The molecule has 12 heavy (non-hydrogen) atoms. The van der Waals surface area contributed by atoms with Crippen molar-refractivity contribution in [2.24, 2.45) is 0 Å². The van der Waals surface area contributed by atoms with E-state index in [2.05, 4.69) is 6.08 Å². The second-order valence-corrected chi connectivity index (χ2v) is 2.84. The molecule has 1 heterocycles. The van der Waals surface area contributed by atoms with Gasteiger partial charge < -0.3 is 4.74 Å². The zero-order valence-electron chi connectivity index (χ0n) is 7.32. The van der Waals surface area contributed by atoms with Crippen molar-refractivity contribution in [1.82, 2.24) is 0 Å². The van der Waals surface area contributed by atoms with E-state index in [1.807, 2.05) is 19.1 Å². The molecule has 1 aliphatic heterocycles. The fourth-order valence-electron chi connectivity index (χ4n) is 1.19. The first kappa shape index (κ1) is 9.04. The first-order valence-electron chi connectivity index (χ1n) is 4.31. The Morgan fingerprint density at radius 3 is 3.25 bits per heavy atom. The van der Waals surface area contributed by atoms with E-state index in [-0.39, 0.29) is 12.1 Å². The minimum absolute atomic E-state index is 0.0960. The van der Waals surface area contributed by atoms with E-state index in [0.717, 1.165) is 19.3 Å². The lowest BCUT2D eigenvalue weighted by Crippen LogP contribution is -2.19. The van der Waals surface area contributed by atoms with Crippen LogP contribution in [0.2, 0.25) is 0 Å². The third-order valence-electron chi connectivity index (χ3n) is 1.83. The number of allylic oxidation sites excluding steroid dienone is 2. The van der Waals surface area contributed by atoms with Crippen LogP contribution in [0, 0.1) is 0 Å². The van der Waals surface area contributed by atoms with Crippen LogP contribution in [0.4, 0.5) is 0 Å². The molecular formula is C10H14O2. The van der Waals surface area contributed by atoms with E-state index < -0.39 is 0 Å². The Bertz CT molecular complexity index is 204. The van der Waals surface area contributed by atoms with Gasteiger partial charge in [-0.3, -0.25) is 0 Å². The predicted molar refractivity (Wildman–Crippen MR) is 47.7 cm³/mol. The number of cyclic esters (lactones) is 1. The maximum absolute atomic E-state index is 10.8. The van der Waals surface area contributed by atoms with Crippen LogP contribution in [-0.2, 0) is 9.53 Å². The summed E-state index contributed by atoms with van der Waals surface area (Å²) in [6.45, 7) is 1.99. The third-order valence-corrected chi connectivity index (χ3v) is 1.83. The molecule has 0 aliphatic carbocycles. The zero-order valence-corrected chi connectivity index (χ0v) is 7.32. The molecule has 0 bridgehead atoms. The number of rotatable bonds is 3. The second kappa shape index (κ2) is 4.75. The molecule has 0 saturated heterocycles. The molecule has 0 N–H and O–H groups in total. The Hall–Kier alpha value is -1.05. The summed E-state index contributed by atoms with van der Waals surface area (Å²) >= 11 is 0. The largest absolute Gasteiger partial charge is 0.459 e. The maximum Gasteiger partial charge on any atom is 0.330 e. The average molecular weight is 166 g/mol. The standard InChI is InChI=1S/C10H14O2/c1-2-3-4-6-9-7-5-8-10(11)12-9/h2-3,5,8-9H,4,6-7H2,1H3/b3-2+/t9-/m1/s1. The van der Waals surface area contributed by atoms with Crippen LogP contribution in [-0.4, -0.2) is 12.1 Å². The normalized spacial score (nSPS) is 23.1. The van der Waals surface area contributed by atoms with Gasteiger partial charge in [0.25, 0.3) is 0 Å². The molecule has 0 radical (unpaired) electrons. The topological polar surface area (TPSA) is 26.3 Å². The number of hydrogen-bond acceptors (Lipinski definition) is 2. The highest BCUT2D eigenvalue weighted by molar-refractivity contribution is 5.82. The summed E-state index contributed by atoms with van der Waals surface area (Å²) in [6, 6.07) is 0. The van der Waals surface area contributed by atoms with Gasteiger partial charge >= 0.3 is 5.97 Å². The summed E-state index contributed by atoms with van der Waals surface area (Å²) in [5, 5.41) is 0. The molecule has 1 rings (SSSR count). The molecule has 0 fully saturated rings. The minimum Gasteiger partial charge on any atom is -0.459 e. The van der Waals surface area contributed by atoms with E-state index in [0.29, 0.717) is 0 Å². The molecule has 0 spiro atoms. The summed E-state index contributed by atoms with van der Waals surface area (Å²) in [5.41, 5.74) is 0. The molecule has 2 heteroatoms. The van der Waals surface area contributed by atoms with Gasteiger partial charge in [-0.1, -0.05) is 18.2 Å². The summed E-state index contributed by atoms with van der Waals surface area (Å²) in [4.78, 5) is 10.8. The molecule has 0 amide bonds. The van der Waals surface area contributed by atoms with Crippen molar-refractivity contribution in [2.75, 3.05) is 0 Å². The fraction of sp³-hybridized carbons (Fsp3) is 0.500. The summed E-state index contributed by atoms with van der Waals surface area (Å²) in [7, 11) is 0. The Labute approximate surface area is 72.9 Å². The number of hydrogen-bond donors (Lipinski definition) is 0. The predicted octanol–water partition coefficient (Wildman–Crippen LogP) is 2.21. The number of carbonyl (C=O) groups excluding carboxylic acids is 1. The minimum atomic E-state index is -0.202. The van der Waals surface area contributed by atoms with Crippen molar-refractivity contribution in [3.05, 3.63) is 24.3 Å².